The van der Waals surface area contributed by atoms with Crippen LogP contribution in [-0.4, -0.2) is 46.4 Å². The molecule has 0 bridgehead atoms. The van der Waals surface area contributed by atoms with E-state index in [2.05, 4.69) is 6.92 Å². The number of methoxy groups -OCH3 is 1. The van der Waals surface area contributed by atoms with Crippen LogP contribution in [0, 0.1) is 0 Å². The van der Waals surface area contributed by atoms with Gasteiger partial charge in [0.25, 0.3) is 0 Å². The van der Waals surface area contributed by atoms with E-state index in [1.807, 2.05) is 6.07 Å². The topological polar surface area (TPSA) is 61.8 Å². The maximum absolute atomic E-state index is 13.4. The van der Waals surface area contributed by atoms with Gasteiger partial charge in [-0.15, -0.1) is 0 Å². The largest absolute Gasteiger partial charge is 0.382 e. The molecule has 1 aromatic rings. The number of rotatable bonds is 19. The second-order valence-electron chi connectivity index (χ2n) is 8.69. The maximum Gasteiger partial charge on any atom is 0.186 e. The van der Waals surface area contributed by atoms with Crippen LogP contribution in [0.2, 0.25) is 0 Å². The molecule has 0 amide bonds. The lowest BCUT2D eigenvalue weighted by Crippen LogP contribution is -2.29. The normalized spacial score (nSPS) is 20.8. The van der Waals surface area contributed by atoms with Gasteiger partial charge >= 0.3 is 0 Å². The van der Waals surface area contributed by atoms with Crippen molar-refractivity contribution in [3.8, 4) is 0 Å². The molecule has 6 heteroatoms. The quantitative estimate of drug-likeness (QED) is 0.192. The van der Waals surface area contributed by atoms with Gasteiger partial charge in [0.05, 0.1) is 24.2 Å². The first-order chi connectivity index (χ1) is 15.1. The zero-order valence-electron chi connectivity index (χ0n) is 19.5. The molecule has 5 nitrogen and oxygen atoms in total. The van der Waals surface area contributed by atoms with Gasteiger partial charge in [-0.1, -0.05) is 89.3 Å². The van der Waals surface area contributed by atoms with Crippen molar-refractivity contribution in [2.75, 3.05) is 27.1 Å². The molecule has 31 heavy (non-hydrogen) atoms. The third kappa shape index (κ3) is 8.16. The number of unbranched alkanes of at least 4 members (excludes halogenated alkanes) is 9. The summed E-state index contributed by atoms with van der Waals surface area (Å²) in [5.41, 5.74) is 0. The monoisotopic (exact) mass is 454 g/mol. The predicted molar refractivity (Wildman–Crippen MR) is 125 cm³/mol. The molecule has 178 valence electrons. The number of sulfone groups is 1. The highest BCUT2D eigenvalue weighted by Crippen LogP contribution is 2.52. The average Bonchev–Trinajstić information content (AvgIpc) is 3.50. The number of hydrogen-bond acceptors (Lipinski definition) is 5. The SMILES string of the molecule is CCCCCCCCCCCCC1(S(=O)(=O)c2ccccc2)CC1OCOCCOC. The molecule has 1 aromatic carbocycles. The van der Waals surface area contributed by atoms with E-state index < -0.39 is 14.6 Å². The zero-order chi connectivity index (χ0) is 22.4. The summed E-state index contributed by atoms with van der Waals surface area (Å²) in [6, 6.07) is 8.80. The first-order valence-corrected chi connectivity index (χ1v) is 13.5. The van der Waals surface area contributed by atoms with Crippen LogP contribution in [0.15, 0.2) is 35.2 Å². The summed E-state index contributed by atoms with van der Waals surface area (Å²) in [6.07, 6.45) is 13.3. The minimum absolute atomic E-state index is 0.109. The van der Waals surface area contributed by atoms with Gasteiger partial charge in [-0.25, -0.2) is 8.42 Å². The van der Waals surface area contributed by atoms with Crippen molar-refractivity contribution < 1.29 is 22.6 Å². The van der Waals surface area contributed by atoms with Crippen molar-refractivity contribution >= 4 is 9.84 Å². The molecule has 0 saturated heterocycles. The van der Waals surface area contributed by atoms with E-state index in [0.717, 1.165) is 12.8 Å². The standard InChI is InChI=1S/C25H42O5S/c1-3-4-5-6-7-8-9-10-11-15-18-25(21-24(25)30-22-29-20-19-28-2)31(26,27)23-16-13-12-14-17-23/h12-14,16-17,24H,3-11,15,18-22H2,1-2H3. The zero-order valence-corrected chi connectivity index (χ0v) is 20.3. The molecule has 0 heterocycles. The van der Waals surface area contributed by atoms with Crippen molar-refractivity contribution in [3.63, 3.8) is 0 Å². The van der Waals surface area contributed by atoms with Crippen LogP contribution in [0.25, 0.3) is 0 Å². The summed E-state index contributed by atoms with van der Waals surface area (Å²) in [7, 11) is -1.82. The van der Waals surface area contributed by atoms with Crippen LogP contribution >= 0.6 is 0 Å². The fourth-order valence-electron chi connectivity index (χ4n) is 4.22. The fraction of sp³-hybridized carbons (Fsp3) is 0.760. The highest BCUT2D eigenvalue weighted by Gasteiger charge is 2.64. The molecule has 1 fully saturated rings. The Morgan fingerprint density at radius 2 is 1.52 bits per heavy atom. The Kier molecular flexibility index (Phi) is 12.1. The Hall–Kier alpha value is -0.950. The molecule has 0 aliphatic heterocycles. The van der Waals surface area contributed by atoms with Gasteiger partial charge in [-0.05, 0) is 25.0 Å². The highest BCUT2D eigenvalue weighted by atomic mass is 32.2. The van der Waals surface area contributed by atoms with Crippen LogP contribution in [0.3, 0.4) is 0 Å². The molecule has 2 atom stereocenters. The lowest BCUT2D eigenvalue weighted by Gasteiger charge is -2.19. The van der Waals surface area contributed by atoms with Gasteiger partial charge in [-0.3, -0.25) is 0 Å². The number of hydrogen-bond donors (Lipinski definition) is 0. The molecular formula is C25H42O5S. The number of benzene rings is 1. The van der Waals surface area contributed by atoms with Gasteiger partial charge in [0.2, 0.25) is 0 Å². The van der Waals surface area contributed by atoms with Crippen molar-refractivity contribution in [1.82, 2.24) is 0 Å². The minimum Gasteiger partial charge on any atom is -0.382 e. The molecule has 1 saturated carbocycles. The third-order valence-electron chi connectivity index (χ3n) is 6.28. The van der Waals surface area contributed by atoms with E-state index in [0.29, 0.717) is 31.0 Å². The summed E-state index contributed by atoms with van der Waals surface area (Å²) in [4.78, 5) is 0.397. The fourth-order valence-corrected chi connectivity index (χ4v) is 6.41. The van der Waals surface area contributed by atoms with Crippen molar-refractivity contribution in [2.24, 2.45) is 0 Å². The Balaban J connectivity index is 1.80. The summed E-state index contributed by atoms with van der Waals surface area (Å²) < 4.78 is 42.2. The second kappa shape index (κ2) is 14.2. The van der Waals surface area contributed by atoms with Crippen molar-refractivity contribution in [2.45, 2.75) is 99.7 Å². The molecule has 2 unspecified atom stereocenters. The summed E-state index contributed by atoms with van der Waals surface area (Å²) in [6.45, 7) is 3.30. The lowest BCUT2D eigenvalue weighted by molar-refractivity contribution is -0.0749. The van der Waals surface area contributed by atoms with Crippen molar-refractivity contribution in [1.29, 1.82) is 0 Å². The van der Waals surface area contributed by atoms with Gasteiger partial charge in [0.1, 0.15) is 11.5 Å². The Bertz CT molecular complexity index is 691. The molecule has 1 aliphatic rings. The highest BCUT2D eigenvalue weighted by molar-refractivity contribution is 7.93. The van der Waals surface area contributed by atoms with Crippen LogP contribution < -0.4 is 0 Å². The lowest BCUT2D eigenvalue weighted by atomic mass is 10.0. The predicted octanol–water partition coefficient (Wildman–Crippen LogP) is 5.92. The van der Waals surface area contributed by atoms with Crippen LogP contribution in [-0.2, 0) is 24.0 Å². The first kappa shape index (κ1) is 26.3. The summed E-state index contributed by atoms with van der Waals surface area (Å²) in [5.74, 6) is 0. The van der Waals surface area contributed by atoms with E-state index in [9.17, 15) is 8.42 Å². The maximum atomic E-state index is 13.4. The van der Waals surface area contributed by atoms with E-state index in [-0.39, 0.29) is 12.9 Å². The van der Waals surface area contributed by atoms with Crippen LogP contribution in [0.5, 0.6) is 0 Å². The molecule has 0 aromatic heterocycles. The van der Waals surface area contributed by atoms with Gasteiger partial charge in [0, 0.05) is 7.11 Å². The van der Waals surface area contributed by atoms with E-state index in [1.54, 1.807) is 31.4 Å². The molecular weight excluding hydrogens is 412 g/mol. The average molecular weight is 455 g/mol. The van der Waals surface area contributed by atoms with E-state index in [1.165, 1.54) is 51.4 Å². The van der Waals surface area contributed by atoms with Crippen molar-refractivity contribution in [3.05, 3.63) is 30.3 Å². The summed E-state index contributed by atoms with van der Waals surface area (Å²) >= 11 is 0. The minimum atomic E-state index is -3.44. The molecule has 1 aliphatic carbocycles. The molecule has 0 spiro atoms. The Labute approximate surface area is 189 Å². The first-order valence-electron chi connectivity index (χ1n) is 12.1. The van der Waals surface area contributed by atoms with Gasteiger partial charge in [0.15, 0.2) is 9.84 Å². The molecule has 0 N–H and O–H groups in total. The molecule has 0 radical (unpaired) electrons. The smallest absolute Gasteiger partial charge is 0.186 e. The van der Waals surface area contributed by atoms with E-state index in [4.69, 9.17) is 14.2 Å². The van der Waals surface area contributed by atoms with Crippen LogP contribution in [0.4, 0.5) is 0 Å². The second-order valence-corrected chi connectivity index (χ2v) is 11.0. The van der Waals surface area contributed by atoms with Crippen LogP contribution in [0.1, 0.15) is 84.0 Å². The molecule has 2 rings (SSSR count). The van der Waals surface area contributed by atoms with E-state index >= 15 is 0 Å². The van der Waals surface area contributed by atoms with Gasteiger partial charge < -0.3 is 14.2 Å². The summed E-state index contributed by atoms with van der Waals surface area (Å²) in [5, 5.41) is 0. The Morgan fingerprint density at radius 1 is 0.903 bits per heavy atom. The third-order valence-corrected chi connectivity index (χ3v) is 8.88. The Morgan fingerprint density at radius 3 is 2.13 bits per heavy atom. The van der Waals surface area contributed by atoms with Gasteiger partial charge in [-0.2, -0.15) is 0 Å². The number of ether oxygens (including phenoxy) is 3.